The number of nitrogens with zero attached hydrogens (tertiary/aromatic N) is 2. The molecule has 0 saturated heterocycles. The number of aryl methyl sites for hydroxylation is 1. The van der Waals surface area contributed by atoms with E-state index in [4.69, 9.17) is 15.3 Å². The second kappa shape index (κ2) is 4.46. The fourth-order valence-electron chi connectivity index (χ4n) is 1.22. The summed E-state index contributed by atoms with van der Waals surface area (Å²) in [6.07, 6.45) is 0. The van der Waals surface area contributed by atoms with E-state index in [1.807, 2.05) is 0 Å². The van der Waals surface area contributed by atoms with Gasteiger partial charge in [-0.05, 0) is 30.0 Å². The molecule has 0 aliphatic rings. The Morgan fingerprint density at radius 3 is 2.76 bits per heavy atom. The monoisotopic (exact) mass is 251 g/mol. The molecule has 3 N–H and O–H groups in total. The van der Waals surface area contributed by atoms with Crippen LogP contribution in [-0.2, 0) is 0 Å². The molecule has 17 heavy (non-hydrogen) atoms. The number of hydrogen-bond acceptors (Lipinski definition) is 6. The van der Waals surface area contributed by atoms with E-state index in [1.165, 1.54) is 17.8 Å². The zero-order valence-electron chi connectivity index (χ0n) is 8.88. The number of rotatable bonds is 3. The summed E-state index contributed by atoms with van der Waals surface area (Å²) >= 11 is 1.23. The molecule has 0 spiro atoms. The molecule has 88 valence electrons. The van der Waals surface area contributed by atoms with Crippen molar-refractivity contribution >= 4 is 23.4 Å². The van der Waals surface area contributed by atoms with Gasteiger partial charge in [0.15, 0.2) is 0 Å². The fourth-order valence-corrected chi connectivity index (χ4v) is 1.99. The number of aromatic carboxylic acids is 1. The maximum Gasteiger partial charge on any atom is 0.337 e. The van der Waals surface area contributed by atoms with Crippen LogP contribution in [0.2, 0.25) is 0 Å². The van der Waals surface area contributed by atoms with Gasteiger partial charge in [-0.1, -0.05) is 0 Å². The smallest absolute Gasteiger partial charge is 0.337 e. The number of nitrogen functional groups attached to an aromatic ring is 1. The molecule has 0 radical (unpaired) electrons. The number of hydrogen-bond donors (Lipinski definition) is 2. The number of aromatic nitrogens is 2. The van der Waals surface area contributed by atoms with Crippen LogP contribution in [0.5, 0.6) is 0 Å². The predicted octanol–water partition coefficient (Wildman–Crippen LogP) is 1.81. The van der Waals surface area contributed by atoms with Crippen LogP contribution in [0.1, 0.15) is 16.2 Å². The summed E-state index contributed by atoms with van der Waals surface area (Å²) in [5.41, 5.74) is 5.91. The van der Waals surface area contributed by atoms with E-state index >= 15 is 0 Å². The normalized spacial score (nSPS) is 10.4. The van der Waals surface area contributed by atoms with Crippen molar-refractivity contribution in [1.82, 2.24) is 10.2 Å². The van der Waals surface area contributed by atoms with Gasteiger partial charge in [-0.2, -0.15) is 0 Å². The van der Waals surface area contributed by atoms with Gasteiger partial charge in [0.05, 0.1) is 5.56 Å². The van der Waals surface area contributed by atoms with Gasteiger partial charge in [0.2, 0.25) is 5.89 Å². The Bertz CT molecular complexity index is 568. The van der Waals surface area contributed by atoms with Crippen LogP contribution in [0.15, 0.2) is 32.7 Å². The van der Waals surface area contributed by atoms with Crippen molar-refractivity contribution in [2.24, 2.45) is 0 Å². The summed E-state index contributed by atoms with van der Waals surface area (Å²) in [6, 6.07) is 4.65. The third-order valence-corrected chi connectivity index (χ3v) is 2.80. The summed E-state index contributed by atoms with van der Waals surface area (Å²) in [7, 11) is 0. The summed E-state index contributed by atoms with van der Waals surface area (Å²) in [5, 5.41) is 16.7. The number of carboxylic acids is 1. The molecule has 7 heteroatoms. The first-order valence-corrected chi connectivity index (χ1v) is 5.48. The lowest BCUT2D eigenvalue weighted by molar-refractivity contribution is 0.0698. The van der Waals surface area contributed by atoms with E-state index in [2.05, 4.69) is 10.2 Å². The molecule has 0 unspecified atom stereocenters. The minimum absolute atomic E-state index is 0.0797. The van der Waals surface area contributed by atoms with Crippen LogP contribution < -0.4 is 5.73 Å². The molecule has 6 nitrogen and oxygen atoms in total. The van der Waals surface area contributed by atoms with Crippen molar-refractivity contribution in [2.75, 3.05) is 5.73 Å². The standard InChI is InChI=1S/C10H9N3O3S/c1-5-12-13-10(16-5)17-6-2-3-7(9(14)15)8(11)4-6/h2-4H,11H2,1H3,(H,14,15). The summed E-state index contributed by atoms with van der Waals surface area (Å²) in [4.78, 5) is 11.5. The van der Waals surface area contributed by atoms with Crippen LogP contribution in [0.4, 0.5) is 5.69 Å². The molecule has 0 amide bonds. The number of carboxylic acid groups (broad SMARTS) is 1. The second-order valence-electron chi connectivity index (χ2n) is 3.24. The highest BCUT2D eigenvalue weighted by molar-refractivity contribution is 7.99. The molecular formula is C10H9N3O3S. The summed E-state index contributed by atoms with van der Waals surface area (Å²) < 4.78 is 5.19. The number of anilines is 1. The maximum absolute atomic E-state index is 10.8. The van der Waals surface area contributed by atoms with Gasteiger partial charge in [0, 0.05) is 17.5 Å². The average molecular weight is 251 g/mol. The van der Waals surface area contributed by atoms with E-state index in [-0.39, 0.29) is 11.3 Å². The molecule has 2 rings (SSSR count). The minimum atomic E-state index is -1.05. The largest absolute Gasteiger partial charge is 0.478 e. The lowest BCUT2D eigenvalue weighted by atomic mass is 10.2. The Morgan fingerprint density at radius 1 is 1.47 bits per heavy atom. The zero-order chi connectivity index (χ0) is 12.4. The highest BCUT2D eigenvalue weighted by Gasteiger charge is 2.10. The average Bonchev–Trinajstić information content (AvgIpc) is 2.63. The first kappa shape index (κ1) is 11.5. The molecule has 0 atom stereocenters. The van der Waals surface area contributed by atoms with Gasteiger partial charge in [0.25, 0.3) is 5.22 Å². The number of benzene rings is 1. The zero-order valence-corrected chi connectivity index (χ0v) is 9.69. The molecule has 2 aromatic rings. The molecule has 0 aliphatic heterocycles. The van der Waals surface area contributed by atoms with Crippen LogP contribution in [0.3, 0.4) is 0 Å². The summed E-state index contributed by atoms with van der Waals surface area (Å²) in [5.74, 6) is -0.574. The van der Waals surface area contributed by atoms with Crippen LogP contribution in [0, 0.1) is 6.92 Å². The van der Waals surface area contributed by atoms with E-state index in [9.17, 15) is 4.79 Å². The first-order chi connectivity index (χ1) is 8.06. The van der Waals surface area contributed by atoms with Gasteiger partial charge >= 0.3 is 5.97 Å². The summed E-state index contributed by atoms with van der Waals surface area (Å²) in [6.45, 7) is 1.69. The molecule has 0 bridgehead atoms. The van der Waals surface area contributed by atoms with E-state index in [0.29, 0.717) is 11.1 Å². The lowest BCUT2D eigenvalue weighted by Crippen LogP contribution is -2.01. The van der Waals surface area contributed by atoms with Crippen molar-refractivity contribution in [2.45, 2.75) is 17.0 Å². The van der Waals surface area contributed by atoms with Crippen molar-refractivity contribution in [3.05, 3.63) is 29.7 Å². The van der Waals surface area contributed by atoms with E-state index < -0.39 is 5.97 Å². The lowest BCUT2D eigenvalue weighted by Gasteiger charge is -2.02. The Morgan fingerprint density at radius 2 is 2.24 bits per heavy atom. The first-order valence-electron chi connectivity index (χ1n) is 4.67. The van der Waals surface area contributed by atoms with Gasteiger partial charge in [-0.15, -0.1) is 10.2 Å². The Kier molecular flexibility index (Phi) is 3.01. The molecule has 1 aromatic carbocycles. The molecule has 1 heterocycles. The van der Waals surface area contributed by atoms with E-state index in [0.717, 1.165) is 4.90 Å². The SMILES string of the molecule is Cc1nnc(Sc2ccc(C(=O)O)c(N)c2)o1. The van der Waals surface area contributed by atoms with Crippen LogP contribution in [0.25, 0.3) is 0 Å². The molecule has 0 saturated carbocycles. The fraction of sp³-hybridized carbons (Fsp3) is 0.100. The Labute approximate surface area is 101 Å². The highest BCUT2D eigenvalue weighted by atomic mass is 32.2. The third kappa shape index (κ3) is 2.56. The van der Waals surface area contributed by atoms with Crippen molar-refractivity contribution in [1.29, 1.82) is 0 Å². The number of carbonyl (C=O) groups is 1. The van der Waals surface area contributed by atoms with Gasteiger partial charge in [0.1, 0.15) is 0 Å². The van der Waals surface area contributed by atoms with Gasteiger partial charge < -0.3 is 15.3 Å². The van der Waals surface area contributed by atoms with E-state index in [1.54, 1.807) is 19.1 Å². The topological polar surface area (TPSA) is 102 Å². The minimum Gasteiger partial charge on any atom is -0.478 e. The second-order valence-corrected chi connectivity index (χ2v) is 4.27. The number of nitrogens with two attached hydrogens (primary N) is 1. The Balaban J connectivity index is 2.23. The highest BCUT2D eigenvalue weighted by Crippen LogP contribution is 2.28. The molecular weight excluding hydrogens is 242 g/mol. The van der Waals surface area contributed by atoms with Crippen LogP contribution in [-0.4, -0.2) is 21.3 Å². The van der Waals surface area contributed by atoms with Crippen LogP contribution >= 0.6 is 11.8 Å². The molecule has 1 aromatic heterocycles. The maximum atomic E-state index is 10.8. The van der Waals surface area contributed by atoms with Crippen molar-refractivity contribution < 1.29 is 14.3 Å². The van der Waals surface area contributed by atoms with Crippen molar-refractivity contribution in [3.63, 3.8) is 0 Å². The van der Waals surface area contributed by atoms with Gasteiger partial charge in [-0.3, -0.25) is 0 Å². The third-order valence-electron chi connectivity index (χ3n) is 1.97. The van der Waals surface area contributed by atoms with Gasteiger partial charge in [-0.25, -0.2) is 4.79 Å². The molecule has 0 fully saturated rings. The Hall–Kier alpha value is -2.02. The predicted molar refractivity (Wildman–Crippen MR) is 61.0 cm³/mol. The molecule has 0 aliphatic carbocycles. The van der Waals surface area contributed by atoms with Crippen molar-refractivity contribution in [3.8, 4) is 0 Å². The quantitative estimate of drug-likeness (QED) is 0.802.